The van der Waals surface area contributed by atoms with Gasteiger partial charge in [0.25, 0.3) is 0 Å². The molecular formula is C27H30N6O3. The van der Waals surface area contributed by atoms with Crippen LogP contribution in [0.1, 0.15) is 37.9 Å². The molecule has 1 saturated heterocycles. The molecule has 0 radical (unpaired) electrons. The van der Waals surface area contributed by atoms with E-state index in [2.05, 4.69) is 44.1 Å². The van der Waals surface area contributed by atoms with Gasteiger partial charge in [0, 0.05) is 26.2 Å². The van der Waals surface area contributed by atoms with Crippen molar-refractivity contribution in [3.8, 4) is 0 Å². The van der Waals surface area contributed by atoms with E-state index in [0.717, 1.165) is 11.1 Å². The van der Waals surface area contributed by atoms with Crippen molar-refractivity contribution in [3.05, 3.63) is 88.6 Å². The van der Waals surface area contributed by atoms with Crippen LogP contribution in [0.5, 0.6) is 0 Å². The molecule has 0 spiro atoms. The van der Waals surface area contributed by atoms with Gasteiger partial charge in [0.15, 0.2) is 11.5 Å². The van der Waals surface area contributed by atoms with Gasteiger partial charge < -0.3 is 19.5 Å². The number of benzene rings is 2. The summed E-state index contributed by atoms with van der Waals surface area (Å²) in [4.78, 5) is 41.2. The third-order valence-electron chi connectivity index (χ3n) is 6.10. The van der Waals surface area contributed by atoms with E-state index in [0.29, 0.717) is 43.2 Å². The number of nitrogens with zero attached hydrogens (tertiary/aromatic N) is 5. The highest BCUT2D eigenvalue weighted by molar-refractivity contribution is 5.83. The summed E-state index contributed by atoms with van der Waals surface area (Å²) in [5.74, 6) is 0.659. The van der Waals surface area contributed by atoms with E-state index in [4.69, 9.17) is 4.74 Å². The average molecular weight is 487 g/mol. The first-order chi connectivity index (χ1) is 17.3. The Bertz CT molecular complexity index is 1360. The van der Waals surface area contributed by atoms with Gasteiger partial charge in [-0.15, -0.1) is 0 Å². The van der Waals surface area contributed by atoms with E-state index in [1.807, 2.05) is 57.2 Å². The molecule has 4 aromatic rings. The molecule has 186 valence electrons. The summed E-state index contributed by atoms with van der Waals surface area (Å²) in [6.07, 6.45) is 1.12. The van der Waals surface area contributed by atoms with Crippen LogP contribution in [-0.2, 0) is 17.8 Å². The number of carbonyl (C=O) groups excluding carboxylic acids is 1. The first-order valence-electron chi connectivity index (χ1n) is 12.0. The summed E-state index contributed by atoms with van der Waals surface area (Å²) in [7, 11) is 0. The summed E-state index contributed by atoms with van der Waals surface area (Å²) < 4.78 is 7.08. The van der Waals surface area contributed by atoms with Gasteiger partial charge in [0.2, 0.25) is 0 Å². The van der Waals surface area contributed by atoms with Crippen LogP contribution in [-0.4, -0.2) is 49.2 Å². The number of hydrogen-bond acceptors (Lipinski definition) is 6. The Balaban J connectivity index is 1.45. The fourth-order valence-electron chi connectivity index (χ4n) is 4.41. The van der Waals surface area contributed by atoms with Crippen LogP contribution < -0.4 is 10.6 Å². The van der Waals surface area contributed by atoms with Gasteiger partial charge in [-0.25, -0.2) is 19.6 Å². The molecule has 1 amide bonds. The molecule has 1 aliphatic rings. The normalized spacial score (nSPS) is 14.0. The second kappa shape index (κ2) is 9.49. The Kier molecular flexibility index (Phi) is 6.22. The third-order valence-corrected chi connectivity index (χ3v) is 6.10. The van der Waals surface area contributed by atoms with Crippen LogP contribution in [0.25, 0.3) is 11.2 Å². The lowest BCUT2D eigenvalue weighted by molar-refractivity contribution is 0.00110. The molecule has 1 N–H and O–H groups in total. The molecule has 0 bridgehead atoms. The van der Waals surface area contributed by atoms with Gasteiger partial charge in [-0.05, 0) is 31.9 Å². The first kappa shape index (κ1) is 23.6. The quantitative estimate of drug-likeness (QED) is 0.441. The van der Waals surface area contributed by atoms with Gasteiger partial charge in [-0.1, -0.05) is 60.7 Å². The van der Waals surface area contributed by atoms with Crippen molar-refractivity contribution in [1.29, 1.82) is 0 Å². The second-order valence-electron chi connectivity index (χ2n) is 10.1. The van der Waals surface area contributed by atoms with Crippen molar-refractivity contribution in [3.63, 3.8) is 0 Å². The fraction of sp³-hybridized carbons (Fsp3) is 0.333. The average Bonchev–Trinajstić information content (AvgIpc) is 3.14. The number of ether oxygens (including phenoxy) is 1. The SMILES string of the molecule is CC(C)(C)OC(=O)N1CC(n2c(=O)[nH]c3c(N(Cc4ccccc4)Cc4ccccc4)ncnc32)C1. The smallest absolute Gasteiger partial charge is 0.410 e. The summed E-state index contributed by atoms with van der Waals surface area (Å²) in [6, 6.07) is 20.1. The number of likely N-dealkylation sites (tertiary alicyclic amines) is 1. The molecule has 0 saturated carbocycles. The van der Waals surface area contributed by atoms with Crippen molar-refractivity contribution in [2.45, 2.75) is 45.5 Å². The number of hydrogen-bond donors (Lipinski definition) is 1. The predicted molar refractivity (Wildman–Crippen MR) is 138 cm³/mol. The zero-order valence-electron chi connectivity index (χ0n) is 20.7. The molecule has 1 aliphatic heterocycles. The highest BCUT2D eigenvalue weighted by Gasteiger charge is 2.37. The topological polar surface area (TPSA) is 96.3 Å². The highest BCUT2D eigenvalue weighted by atomic mass is 16.6. The van der Waals surface area contributed by atoms with Crippen LogP contribution in [0.2, 0.25) is 0 Å². The van der Waals surface area contributed by atoms with Gasteiger partial charge in [-0.2, -0.15) is 0 Å². The minimum absolute atomic E-state index is 0.182. The Labute approximate surface area is 209 Å². The predicted octanol–water partition coefficient (Wildman–Crippen LogP) is 4.12. The van der Waals surface area contributed by atoms with Crippen molar-refractivity contribution in [2.24, 2.45) is 0 Å². The summed E-state index contributed by atoms with van der Waals surface area (Å²) in [6.45, 7) is 7.51. The van der Waals surface area contributed by atoms with Gasteiger partial charge in [-0.3, -0.25) is 4.57 Å². The minimum atomic E-state index is -0.567. The number of nitrogens with one attached hydrogen (secondary N) is 1. The molecule has 9 nitrogen and oxygen atoms in total. The zero-order chi connectivity index (χ0) is 25.3. The van der Waals surface area contributed by atoms with Gasteiger partial charge in [0.05, 0.1) is 6.04 Å². The van der Waals surface area contributed by atoms with Crippen LogP contribution in [0.3, 0.4) is 0 Å². The number of amides is 1. The number of imidazole rings is 1. The summed E-state index contributed by atoms with van der Waals surface area (Å²) in [5.41, 5.74) is 2.56. The van der Waals surface area contributed by atoms with E-state index < -0.39 is 5.60 Å². The molecule has 36 heavy (non-hydrogen) atoms. The number of fused-ring (bicyclic) bond motifs is 1. The van der Waals surface area contributed by atoms with Gasteiger partial charge in [0.1, 0.15) is 17.4 Å². The largest absolute Gasteiger partial charge is 0.444 e. The Hall–Kier alpha value is -4.14. The van der Waals surface area contributed by atoms with E-state index in [1.54, 1.807) is 9.47 Å². The lowest BCUT2D eigenvalue weighted by Gasteiger charge is -2.39. The van der Waals surface area contributed by atoms with Crippen LogP contribution in [0.4, 0.5) is 10.6 Å². The van der Waals surface area contributed by atoms with E-state index in [9.17, 15) is 9.59 Å². The van der Waals surface area contributed by atoms with Gasteiger partial charge >= 0.3 is 11.8 Å². The molecule has 1 fully saturated rings. The van der Waals surface area contributed by atoms with E-state index in [1.165, 1.54) is 6.33 Å². The summed E-state index contributed by atoms with van der Waals surface area (Å²) in [5, 5.41) is 0. The minimum Gasteiger partial charge on any atom is -0.444 e. The van der Waals surface area contributed by atoms with Crippen LogP contribution in [0.15, 0.2) is 71.8 Å². The standard InChI is InChI=1S/C27H30N6O3/c1-27(2,3)36-26(35)32-16-21(17-32)33-24-22(30-25(33)34)23(28-18-29-24)31(14-19-10-6-4-7-11-19)15-20-12-8-5-9-13-20/h4-13,18,21H,14-17H2,1-3H3,(H,30,34). The van der Waals surface area contributed by atoms with Crippen LogP contribution >= 0.6 is 0 Å². The molecular weight excluding hydrogens is 456 g/mol. The molecule has 0 unspecified atom stereocenters. The Morgan fingerprint density at radius 3 is 2.14 bits per heavy atom. The lowest BCUT2D eigenvalue weighted by Crippen LogP contribution is -2.53. The van der Waals surface area contributed by atoms with Crippen molar-refractivity contribution >= 4 is 23.1 Å². The number of aromatic nitrogens is 4. The number of carbonyl (C=O) groups is 1. The highest BCUT2D eigenvalue weighted by Crippen LogP contribution is 2.29. The Morgan fingerprint density at radius 1 is 1.00 bits per heavy atom. The third kappa shape index (κ3) is 4.95. The molecule has 0 aliphatic carbocycles. The first-order valence-corrected chi connectivity index (χ1v) is 12.0. The molecule has 3 heterocycles. The zero-order valence-corrected chi connectivity index (χ0v) is 20.7. The van der Waals surface area contributed by atoms with E-state index >= 15 is 0 Å². The number of rotatable bonds is 6. The van der Waals surface area contributed by atoms with E-state index in [-0.39, 0.29) is 17.8 Å². The van der Waals surface area contributed by atoms with Crippen molar-refractivity contribution in [2.75, 3.05) is 18.0 Å². The molecule has 9 heteroatoms. The second-order valence-corrected chi connectivity index (χ2v) is 10.1. The van der Waals surface area contributed by atoms with Crippen molar-refractivity contribution in [1.82, 2.24) is 24.4 Å². The molecule has 2 aromatic heterocycles. The van der Waals surface area contributed by atoms with Crippen LogP contribution in [0, 0.1) is 0 Å². The maximum atomic E-state index is 13.1. The monoisotopic (exact) mass is 486 g/mol. The number of anilines is 1. The number of aromatic amines is 1. The maximum absolute atomic E-state index is 13.1. The molecule has 2 aromatic carbocycles. The maximum Gasteiger partial charge on any atom is 0.410 e. The molecule has 5 rings (SSSR count). The summed E-state index contributed by atoms with van der Waals surface area (Å²) >= 11 is 0. The lowest BCUT2D eigenvalue weighted by atomic mass is 10.1. The van der Waals surface area contributed by atoms with Crippen molar-refractivity contribution < 1.29 is 9.53 Å². The number of H-pyrrole nitrogens is 1. The Morgan fingerprint density at radius 2 is 1.58 bits per heavy atom. The fourth-order valence-corrected chi connectivity index (χ4v) is 4.41. The molecule has 0 atom stereocenters.